The molecule has 0 spiro atoms. The van der Waals surface area contributed by atoms with E-state index in [1.54, 1.807) is 6.92 Å². The van der Waals surface area contributed by atoms with Gasteiger partial charge in [0.1, 0.15) is 16.0 Å². The van der Waals surface area contributed by atoms with Crippen molar-refractivity contribution in [1.82, 2.24) is 14.5 Å². The summed E-state index contributed by atoms with van der Waals surface area (Å²) in [4.78, 5) is 49.1. The molecule has 40 heavy (non-hydrogen) atoms. The molecule has 8 nitrogen and oxygen atoms in total. The minimum Gasteiger partial charge on any atom is -0.462 e. The molecule has 1 amide bonds. The zero-order valence-corrected chi connectivity index (χ0v) is 23.6. The number of aromatic amines is 1. The van der Waals surface area contributed by atoms with Crippen molar-refractivity contribution in [3.8, 4) is 5.69 Å². The van der Waals surface area contributed by atoms with Gasteiger partial charge in [0.2, 0.25) is 5.91 Å². The number of hydrogen-bond donors (Lipinski definition) is 2. The summed E-state index contributed by atoms with van der Waals surface area (Å²) in [5.41, 5.74) is 3.73. The minimum absolute atomic E-state index is 0.0119. The van der Waals surface area contributed by atoms with E-state index in [2.05, 4.69) is 10.3 Å². The van der Waals surface area contributed by atoms with Crippen molar-refractivity contribution in [1.29, 1.82) is 0 Å². The summed E-state index contributed by atoms with van der Waals surface area (Å²) in [5, 5.41) is 4.77. The lowest BCUT2D eigenvalue weighted by Crippen LogP contribution is -2.23. The number of rotatable bonds is 7. The van der Waals surface area contributed by atoms with Gasteiger partial charge in [0.05, 0.1) is 23.6 Å². The summed E-state index contributed by atoms with van der Waals surface area (Å²) in [6.07, 6.45) is 4.91. The molecule has 204 valence electrons. The molecule has 6 rings (SSSR count). The second kappa shape index (κ2) is 11.3. The number of thioether (sulfide) groups is 1. The summed E-state index contributed by atoms with van der Waals surface area (Å²) >= 11 is 2.66. The summed E-state index contributed by atoms with van der Waals surface area (Å²) in [5.74, 6) is -0.660. The van der Waals surface area contributed by atoms with Crippen LogP contribution in [0.1, 0.15) is 47.0 Å². The van der Waals surface area contributed by atoms with Crippen LogP contribution in [0.4, 0.5) is 5.00 Å². The van der Waals surface area contributed by atoms with Crippen molar-refractivity contribution >= 4 is 61.9 Å². The van der Waals surface area contributed by atoms with E-state index in [1.165, 1.54) is 27.7 Å². The lowest BCUT2D eigenvalue weighted by atomic mass is 10.1. The van der Waals surface area contributed by atoms with Crippen LogP contribution in [-0.2, 0) is 22.4 Å². The number of aryl methyl sites for hydroxylation is 1. The van der Waals surface area contributed by atoms with Crippen LogP contribution in [0.2, 0.25) is 0 Å². The first-order chi connectivity index (χ1) is 19.5. The highest BCUT2D eigenvalue weighted by Gasteiger charge is 2.27. The van der Waals surface area contributed by atoms with E-state index >= 15 is 0 Å². The molecular weight excluding hydrogens is 544 g/mol. The van der Waals surface area contributed by atoms with Crippen LogP contribution in [0.3, 0.4) is 0 Å². The standard InChI is InChI=1S/C30H28N4O4S2/c1-2-38-29(37)24-20-14-7-4-8-16-22(20)40-27(24)32-23(35)17-39-30-33-25-19-13-9-10-15-21(19)31-26(25)28(36)34(30)18-11-5-3-6-12-18/h3,5-6,9-13,15,31H,2,4,7-8,14,16-17H2,1H3,(H,32,35). The van der Waals surface area contributed by atoms with Gasteiger partial charge in [-0.2, -0.15) is 0 Å². The highest BCUT2D eigenvalue weighted by molar-refractivity contribution is 7.99. The smallest absolute Gasteiger partial charge is 0.341 e. The Labute approximate surface area is 238 Å². The fourth-order valence-electron chi connectivity index (χ4n) is 5.19. The number of nitrogens with zero attached hydrogens (tertiary/aromatic N) is 2. The van der Waals surface area contributed by atoms with Crippen LogP contribution in [0.25, 0.3) is 27.6 Å². The fraction of sp³-hybridized carbons (Fsp3) is 0.267. The number of thiophene rings is 1. The third-order valence-corrected chi connectivity index (χ3v) is 9.14. The van der Waals surface area contributed by atoms with Crippen LogP contribution in [-0.4, -0.2) is 38.8 Å². The normalized spacial score (nSPS) is 13.2. The van der Waals surface area contributed by atoms with Gasteiger partial charge in [-0.25, -0.2) is 9.78 Å². The number of hydrogen-bond acceptors (Lipinski definition) is 7. The summed E-state index contributed by atoms with van der Waals surface area (Å²) in [6.45, 7) is 2.05. The Balaban J connectivity index is 1.33. The highest BCUT2D eigenvalue weighted by atomic mass is 32.2. The van der Waals surface area contributed by atoms with Crippen molar-refractivity contribution in [2.45, 2.75) is 44.2 Å². The van der Waals surface area contributed by atoms with Gasteiger partial charge in [0.25, 0.3) is 5.56 Å². The Bertz CT molecular complexity index is 1790. The first kappa shape index (κ1) is 26.3. The first-order valence-corrected chi connectivity index (χ1v) is 15.2. The van der Waals surface area contributed by atoms with Crippen molar-refractivity contribution in [2.24, 2.45) is 0 Å². The average Bonchev–Trinajstić information content (AvgIpc) is 3.41. The van der Waals surface area contributed by atoms with Crippen LogP contribution < -0.4 is 10.9 Å². The predicted octanol–water partition coefficient (Wildman–Crippen LogP) is 6.10. The Hall–Kier alpha value is -3.89. The number of amides is 1. The molecule has 2 N–H and O–H groups in total. The van der Waals surface area contributed by atoms with Gasteiger partial charge in [-0.1, -0.05) is 54.6 Å². The number of nitrogens with one attached hydrogen (secondary N) is 2. The van der Waals surface area contributed by atoms with E-state index in [0.29, 0.717) is 32.4 Å². The molecule has 0 bridgehead atoms. The molecule has 0 saturated carbocycles. The molecule has 0 radical (unpaired) electrons. The van der Waals surface area contributed by atoms with E-state index in [0.717, 1.165) is 53.4 Å². The largest absolute Gasteiger partial charge is 0.462 e. The first-order valence-electron chi connectivity index (χ1n) is 13.4. The van der Waals surface area contributed by atoms with Crippen molar-refractivity contribution in [2.75, 3.05) is 17.7 Å². The molecule has 10 heteroatoms. The monoisotopic (exact) mass is 572 g/mol. The Morgan fingerprint density at radius 2 is 1.85 bits per heavy atom. The number of para-hydroxylation sites is 2. The number of anilines is 1. The van der Waals surface area contributed by atoms with Gasteiger partial charge in [0, 0.05) is 15.8 Å². The highest BCUT2D eigenvalue weighted by Crippen LogP contribution is 2.38. The molecule has 1 aliphatic carbocycles. The number of H-pyrrole nitrogens is 1. The molecule has 2 aromatic carbocycles. The van der Waals surface area contributed by atoms with E-state index in [1.807, 2.05) is 54.6 Å². The maximum Gasteiger partial charge on any atom is 0.341 e. The third-order valence-electron chi connectivity index (χ3n) is 6.99. The number of esters is 1. The van der Waals surface area contributed by atoms with Gasteiger partial charge >= 0.3 is 5.97 Å². The van der Waals surface area contributed by atoms with Crippen LogP contribution in [0, 0.1) is 0 Å². The lowest BCUT2D eigenvalue weighted by molar-refractivity contribution is -0.113. The molecule has 1 aliphatic rings. The minimum atomic E-state index is -0.394. The van der Waals surface area contributed by atoms with Gasteiger partial charge in [-0.3, -0.25) is 14.2 Å². The Morgan fingerprint density at radius 3 is 2.67 bits per heavy atom. The molecule has 5 aromatic rings. The van der Waals surface area contributed by atoms with Crippen molar-refractivity contribution in [3.05, 3.63) is 81.0 Å². The van der Waals surface area contributed by atoms with Gasteiger partial charge in [-0.15, -0.1) is 11.3 Å². The molecule has 0 unspecified atom stereocenters. The number of ether oxygens (including phenoxy) is 1. The molecule has 0 aliphatic heterocycles. The fourth-order valence-corrected chi connectivity index (χ4v) is 7.29. The number of benzene rings is 2. The maximum absolute atomic E-state index is 13.7. The molecular formula is C30H28N4O4S2. The molecule has 0 atom stereocenters. The summed E-state index contributed by atoms with van der Waals surface area (Å²) in [6, 6.07) is 16.9. The van der Waals surface area contributed by atoms with E-state index < -0.39 is 5.97 Å². The third kappa shape index (κ3) is 4.93. The van der Waals surface area contributed by atoms with Crippen LogP contribution in [0.5, 0.6) is 0 Å². The zero-order valence-electron chi connectivity index (χ0n) is 22.0. The van der Waals surface area contributed by atoms with Crippen molar-refractivity contribution in [3.63, 3.8) is 0 Å². The average molecular weight is 573 g/mol. The summed E-state index contributed by atoms with van der Waals surface area (Å²) in [7, 11) is 0. The van der Waals surface area contributed by atoms with Crippen molar-refractivity contribution < 1.29 is 14.3 Å². The second-order valence-electron chi connectivity index (χ2n) is 9.59. The van der Waals surface area contributed by atoms with E-state index in [-0.39, 0.29) is 23.8 Å². The maximum atomic E-state index is 13.7. The molecule has 0 saturated heterocycles. The quantitative estimate of drug-likeness (QED) is 0.106. The van der Waals surface area contributed by atoms with E-state index in [9.17, 15) is 14.4 Å². The second-order valence-corrected chi connectivity index (χ2v) is 11.6. The predicted molar refractivity (Wildman–Crippen MR) is 160 cm³/mol. The zero-order chi connectivity index (χ0) is 27.6. The topological polar surface area (TPSA) is 106 Å². The number of carbonyl (C=O) groups is 2. The van der Waals surface area contributed by atoms with E-state index in [4.69, 9.17) is 9.72 Å². The SMILES string of the molecule is CCOC(=O)c1c(NC(=O)CSc2nc3c([nH]c4ccccc43)c(=O)n2-c2ccccc2)sc2c1CCCCC2. The number of aromatic nitrogens is 3. The lowest BCUT2D eigenvalue weighted by Gasteiger charge is -2.12. The summed E-state index contributed by atoms with van der Waals surface area (Å²) < 4.78 is 6.89. The van der Waals surface area contributed by atoms with Gasteiger partial charge in [-0.05, 0) is 56.4 Å². The van der Waals surface area contributed by atoms with Gasteiger partial charge in [0.15, 0.2) is 5.16 Å². The molecule has 3 heterocycles. The molecule has 0 fully saturated rings. The Morgan fingerprint density at radius 1 is 1.07 bits per heavy atom. The van der Waals surface area contributed by atoms with Crippen LogP contribution >= 0.6 is 23.1 Å². The number of fused-ring (bicyclic) bond motifs is 4. The number of carbonyl (C=O) groups excluding carboxylic acids is 2. The molecule has 3 aromatic heterocycles. The van der Waals surface area contributed by atoms with Gasteiger partial charge < -0.3 is 15.0 Å². The van der Waals surface area contributed by atoms with Crippen LogP contribution in [0.15, 0.2) is 64.5 Å². The Kier molecular flexibility index (Phi) is 7.44.